The Morgan fingerprint density at radius 1 is 1.00 bits per heavy atom. The minimum absolute atomic E-state index is 0.170. The van der Waals surface area contributed by atoms with Crippen molar-refractivity contribution in [2.75, 3.05) is 5.32 Å². The second kappa shape index (κ2) is 6.25. The lowest BCUT2D eigenvalue weighted by atomic mass is 9.99. The van der Waals surface area contributed by atoms with E-state index in [9.17, 15) is 0 Å². The normalized spacial score (nSPS) is 11.9. The molecule has 0 aromatic heterocycles. The molecule has 0 spiro atoms. The van der Waals surface area contributed by atoms with E-state index in [0.29, 0.717) is 11.5 Å². The summed E-state index contributed by atoms with van der Waals surface area (Å²) < 4.78 is 0. The van der Waals surface area contributed by atoms with Crippen LogP contribution in [0, 0.1) is 11.3 Å². The summed E-state index contributed by atoms with van der Waals surface area (Å²) in [5.41, 5.74) is 4.31. The second-order valence-corrected chi connectivity index (χ2v) is 5.35. The van der Waals surface area contributed by atoms with Crippen molar-refractivity contribution in [3.63, 3.8) is 0 Å². The van der Waals surface area contributed by atoms with Gasteiger partial charge < -0.3 is 5.32 Å². The van der Waals surface area contributed by atoms with Gasteiger partial charge in [-0.1, -0.05) is 44.2 Å². The first-order valence-electron chi connectivity index (χ1n) is 6.97. The van der Waals surface area contributed by atoms with Gasteiger partial charge in [0.05, 0.1) is 11.6 Å². The molecule has 0 saturated heterocycles. The number of nitrogens with zero attached hydrogens (tertiary/aromatic N) is 1. The maximum atomic E-state index is 8.98. The van der Waals surface area contributed by atoms with E-state index in [1.165, 1.54) is 5.56 Å². The summed E-state index contributed by atoms with van der Waals surface area (Å²) in [6.45, 7) is 6.51. The molecule has 1 unspecified atom stereocenters. The molecular weight excluding hydrogens is 244 g/mol. The van der Waals surface area contributed by atoms with E-state index >= 15 is 0 Å². The zero-order valence-electron chi connectivity index (χ0n) is 12.2. The average molecular weight is 264 g/mol. The van der Waals surface area contributed by atoms with Gasteiger partial charge in [0.2, 0.25) is 0 Å². The Balaban J connectivity index is 2.23. The highest BCUT2D eigenvalue weighted by molar-refractivity contribution is 5.54. The minimum atomic E-state index is 0.170. The number of benzene rings is 2. The monoisotopic (exact) mass is 264 g/mol. The third-order valence-electron chi connectivity index (χ3n) is 3.47. The zero-order valence-corrected chi connectivity index (χ0v) is 12.2. The quantitative estimate of drug-likeness (QED) is 0.856. The fourth-order valence-corrected chi connectivity index (χ4v) is 2.33. The Morgan fingerprint density at radius 3 is 2.45 bits per heavy atom. The topological polar surface area (TPSA) is 35.8 Å². The van der Waals surface area contributed by atoms with Gasteiger partial charge in [-0.05, 0) is 42.2 Å². The molecule has 0 heterocycles. The predicted molar refractivity (Wildman–Crippen MR) is 83.7 cm³/mol. The maximum absolute atomic E-state index is 8.98. The van der Waals surface area contributed by atoms with Crippen LogP contribution in [0.2, 0.25) is 0 Å². The first-order chi connectivity index (χ1) is 9.61. The van der Waals surface area contributed by atoms with Crippen LogP contribution in [0.25, 0.3) is 0 Å². The molecule has 0 aliphatic heterocycles. The number of nitriles is 1. The van der Waals surface area contributed by atoms with Crippen LogP contribution in [0.3, 0.4) is 0 Å². The molecule has 2 heteroatoms. The Labute approximate surface area is 121 Å². The van der Waals surface area contributed by atoms with Crippen molar-refractivity contribution >= 4 is 5.69 Å². The molecule has 0 bridgehead atoms. The summed E-state index contributed by atoms with van der Waals surface area (Å²) >= 11 is 0. The minimum Gasteiger partial charge on any atom is -0.378 e. The van der Waals surface area contributed by atoms with E-state index in [0.717, 1.165) is 11.3 Å². The van der Waals surface area contributed by atoms with Gasteiger partial charge in [0.25, 0.3) is 0 Å². The molecule has 1 atom stereocenters. The van der Waals surface area contributed by atoms with Crippen molar-refractivity contribution in [2.45, 2.75) is 32.7 Å². The van der Waals surface area contributed by atoms with Crippen molar-refractivity contribution < 1.29 is 0 Å². The van der Waals surface area contributed by atoms with Crippen molar-refractivity contribution in [1.82, 2.24) is 0 Å². The fraction of sp³-hybridized carbons (Fsp3) is 0.278. The van der Waals surface area contributed by atoms with E-state index in [1.54, 1.807) is 0 Å². The van der Waals surface area contributed by atoms with Crippen LogP contribution >= 0.6 is 0 Å². The Kier molecular flexibility index (Phi) is 4.42. The molecule has 0 radical (unpaired) electrons. The van der Waals surface area contributed by atoms with Crippen molar-refractivity contribution in [1.29, 1.82) is 5.26 Å². The second-order valence-electron chi connectivity index (χ2n) is 5.35. The van der Waals surface area contributed by atoms with Gasteiger partial charge in [-0.15, -0.1) is 0 Å². The van der Waals surface area contributed by atoms with Gasteiger partial charge in [0.1, 0.15) is 0 Å². The molecule has 2 aromatic rings. The number of para-hydroxylation sites is 1. The van der Waals surface area contributed by atoms with Crippen molar-refractivity contribution in [3.05, 3.63) is 65.2 Å². The van der Waals surface area contributed by atoms with Crippen LogP contribution in [0.1, 0.15) is 49.4 Å². The summed E-state index contributed by atoms with van der Waals surface area (Å²) in [5.74, 6) is 0.483. The molecule has 0 aliphatic carbocycles. The smallest absolute Gasteiger partial charge is 0.0991 e. The summed E-state index contributed by atoms with van der Waals surface area (Å²) in [5, 5.41) is 12.5. The molecule has 20 heavy (non-hydrogen) atoms. The fourth-order valence-electron chi connectivity index (χ4n) is 2.33. The van der Waals surface area contributed by atoms with Crippen LogP contribution in [-0.4, -0.2) is 0 Å². The molecule has 0 fully saturated rings. The third-order valence-corrected chi connectivity index (χ3v) is 3.47. The number of hydrogen-bond acceptors (Lipinski definition) is 2. The van der Waals surface area contributed by atoms with Crippen LogP contribution in [0.4, 0.5) is 5.69 Å². The third kappa shape index (κ3) is 3.19. The largest absolute Gasteiger partial charge is 0.378 e. The highest BCUT2D eigenvalue weighted by Crippen LogP contribution is 2.27. The summed E-state index contributed by atoms with van der Waals surface area (Å²) in [7, 11) is 0. The average Bonchev–Trinajstić information content (AvgIpc) is 2.47. The van der Waals surface area contributed by atoms with Crippen LogP contribution in [0.5, 0.6) is 0 Å². The Morgan fingerprint density at radius 2 is 1.75 bits per heavy atom. The lowest BCUT2D eigenvalue weighted by Gasteiger charge is -2.20. The van der Waals surface area contributed by atoms with Gasteiger partial charge in [-0.2, -0.15) is 5.26 Å². The maximum Gasteiger partial charge on any atom is 0.0991 e. The standard InChI is InChI=1S/C18H20N2/c1-13(2)17-9-4-5-10-18(17)20-14(3)16-8-6-7-15(11-16)12-19/h4-11,13-14,20H,1-3H3. The molecule has 0 amide bonds. The van der Waals surface area contributed by atoms with E-state index in [2.05, 4.69) is 56.4 Å². The van der Waals surface area contributed by atoms with Crippen LogP contribution < -0.4 is 5.32 Å². The highest BCUT2D eigenvalue weighted by Gasteiger charge is 2.10. The SMILES string of the molecule is CC(C)c1ccccc1NC(C)c1cccc(C#N)c1. The van der Waals surface area contributed by atoms with E-state index in [-0.39, 0.29) is 6.04 Å². The Bertz CT molecular complexity index is 623. The molecular formula is C18H20N2. The zero-order chi connectivity index (χ0) is 14.5. The predicted octanol–water partition coefficient (Wildman–Crippen LogP) is 4.85. The van der Waals surface area contributed by atoms with Gasteiger partial charge in [-0.3, -0.25) is 0 Å². The van der Waals surface area contributed by atoms with Crippen molar-refractivity contribution in [3.8, 4) is 6.07 Å². The summed E-state index contributed by atoms with van der Waals surface area (Å²) in [6, 6.07) is 18.5. The first kappa shape index (κ1) is 14.1. The lowest BCUT2D eigenvalue weighted by Crippen LogP contribution is -2.09. The number of anilines is 1. The molecule has 1 N–H and O–H groups in total. The van der Waals surface area contributed by atoms with E-state index < -0.39 is 0 Å². The molecule has 2 nitrogen and oxygen atoms in total. The van der Waals surface area contributed by atoms with Gasteiger partial charge in [0.15, 0.2) is 0 Å². The van der Waals surface area contributed by atoms with Gasteiger partial charge in [0, 0.05) is 11.7 Å². The van der Waals surface area contributed by atoms with Crippen LogP contribution in [0.15, 0.2) is 48.5 Å². The molecule has 0 saturated carbocycles. The molecule has 2 rings (SSSR count). The van der Waals surface area contributed by atoms with E-state index in [4.69, 9.17) is 5.26 Å². The molecule has 0 aliphatic rings. The molecule has 2 aromatic carbocycles. The summed E-state index contributed by atoms with van der Waals surface area (Å²) in [6.07, 6.45) is 0. The number of hydrogen-bond donors (Lipinski definition) is 1. The molecule has 102 valence electrons. The van der Waals surface area contributed by atoms with Crippen LogP contribution in [-0.2, 0) is 0 Å². The van der Waals surface area contributed by atoms with Gasteiger partial charge in [-0.25, -0.2) is 0 Å². The lowest BCUT2D eigenvalue weighted by molar-refractivity contribution is 0.841. The highest BCUT2D eigenvalue weighted by atomic mass is 14.9. The number of nitrogens with one attached hydrogen (secondary N) is 1. The summed E-state index contributed by atoms with van der Waals surface area (Å²) in [4.78, 5) is 0. The van der Waals surface area contributed by atoms with Gasteiger partial charge >= 0.3 is 0 Å². The van der Waals surface area contributed by atoms with E-state index in [1.807, 2.05) is 24.3 Å². The van der Waals surface area contributed by atoms with Crippen molar-refractivity contribution in [2.24, 2.45) is 0 Å². The number of rotatable bonds is 4. The first-order valence-corrected chi connectivity index (χ1v) is 6.97. The Hall–Kier alpha value is -2.27.